The van der Waals surface area contributed by atoms with Gasteiger partial charge in [0.25, 0.3) is 0 Å². The molecule has 7 nitrogen and oxygen atoms in total. The molecule has 2 heterocycles. The Morgan fingerprint density at radius 3 is 2.39 bits per heavy atom. The zero-order valence-corrected chi connectivity index (χ0v) is 14.4. The molecule has 2 saturated heterocycles. The molecular formula is C16H30N4O3. The molecule has 23 heavy (non-hydrogen) atoms. The quantitative estimate of drug-likeness (QED) is 0.705. The number of nitrogens with zero attached hydrogens (tertiary/aromatic N) is 3. The number of carbonyl (C=O) groups is 2. The van der Waals surface area contributed by atoms with Gasteiger partial charge in [-0.1, -0.05) is 0 Å². The van der Waals surface area contributed by atoms with Gasteiger partial charge in [0.1, 0.15) is 0 Å². The molecule has 2 amide bonds. The Balaban J connectivity index is 1.66. The third-order valence-electron chi connectivity index (χ3n) is 4.46. The fraction of sp³-hybridized carbons (Fsp3) is 0.875. The third kappa shape index (κ3) is 6.45. The Bertz CT molecular complexity index is 397. The van der Waals surface area contributed by atoms with E-state index in [1.54, 1.807) is 19.0 Å². The molecule has 0 radical (unpaired) electrons. The van der Waals surface area contributed by atoms with E-state index in [4.69, 9.17) is 4.74 Å². The summed E-state index contributed by atoms with van der Waals surface area (Å²) >= 11 is 0. The van der Waals surface area contributed by atoms with Crippen LogP contribution in [0.4, 0.5) is 0 Å². The van der Waals surface area contributed by atoms with E-state index in [-0.39, 0.29) is 17.9 Å². The lowest BCUT2D eigenvalue weighted by Crippen LogP contribution is -2.42. The van der Waals surface area contributed by atoms with Crippen LogP contribution >= 0.6 is 0 Å². The number of amides is 2. The van der Waals surface area contributed by atoms with Crippen molar-refractivity contribution in [2.45, 2.75) is 25.4 Å². The number of rotatable bonds is 6. The van der Waals surface area contributed by atoms with Gasteiger partial charge in [-0.05, 0) is 32.4 Å². The van der Waals surface area contributed by atoms with Crippen molar-refractivity contribution in [1.82, 2.24) is 20.0 Å². The van der Waals surface area contributed by atoms with Crippen molar-refractivity contribution in [2.24, 2.45) is 0 Å². The van der Waals surface area contributed by atoms with E-state index in [0.29, 0.717) is 19.6 Å². The highest BCUT2D eigenvalue weighted by atomic mass is 16.5. The number of ether oxygens (including phenoxy) is 1. The molecule has 2 rings (SSSR count). The first kappa shape index (κ1) is 18.2. The molecule has 0 aromatic carbocycles. The van der Waals surface area contributed by atoms with Gasteiger partial charge in [0.15, 0.2) is 0 Å². The molecule has 0 bridgehead atoms. The maximum absolute atomic E-state index is 12.0. The topological polar surface area (TPSA) is 65.1 Å². The predicted molar refractivity (Wildman–Crippen MR) is 88.2 cm³/mol. The minimum Gasteiger partial charge on any atom is -0.376 e. The van der Waals surface area contributed by atoms with Gasteiger partial charge in [-0.25, -0.2) is 0 Å². The van der Waals surface area contributed by atoms with E-state index >= 15 is 0 Å². The zero-order valence-electron chi connectivity index (χ0n) is 14.4. The van der Waals surface area contributed by atoms with Gasteiger partial charge in [0.2, 0.25) is 11.8 Å². The van der Waals surface area contributed by atoms with E-state index in [1.165, 1.54) is 0 Å². The molecule has 0 aromatic rings. The second kappa shape index (κ2) is 9.20. The third-order valence-corrected chi connectivity index (χ3v) is 4.46. The molecule has 0 aromatic heterocycles. The molecule has 1 unspecified atom stereocenters. The van der Waals surface area contributed by atoms with Crippen LogP contribution in [-0.4, -0.2) is 99.1 Å². The van der Waals surface area contributed by atoms with Crippen LogP contribution in [0.3, 0.4) is 0 Å². The van der Waals surface area contributed by atoms with Gasteiger partial charge in [-0.3, -0.25) is 19.4 Å². The largest absolute Gasteiger partial charge is 0.376 e. The van der Waals surface area contributed by atoms with Gasteiger partial charge in [0.05, 0.1) is 19.2 Å². The molecule has 2 fully saturated rings. The van der Waals surface area contributed by atoms with Crippen LogP contribution in [0.5, 0.6) is 0 Å². The van der Waals surface area contributed by atoms with Crippen molar-refractivity contribution in [3.8, 4) is 0 Å². The Labute approximate surface area is 138 Å². The molecule has 0 saturated carbocycles. The van der Waals surface area contributed by atoms with Crippen molar-refractivity contribution < 1.29 is 14.3 Å². The van der Waals surface area contributed by atoms with Crippen LogP contribution in [0.15, 0.2) is 0 Å². The lowest BCUT2D eigenvalue weighted by atomic mass is 10.2. The average Bonchev–Trinajstić information content (AvgIpc) is 2.94. The summed E-state index contributed by atoms with van der Waals surface area (Å²) in [5.41, 5.74) is 0. The van der Waals surface area contributed by atoms with Crippen LogP contribution in [0.1, 0.15) is 19.3 Å². The van der Waals surface area contributed by atoms with Gasteiger partial charge in [-0.15, -0.1) is 0 Å². The molecule has 0 spiro atoms. The fourth-order valence-electron chi connectivity index (χ4n) is 2.97. The average molecular weight is 326 g/mol. The summed E-state index contributed by atoms with van der Waals surface area (Å²) in [4.78, 5) is 29.8. The SMILES string of the molecule is CN(C)C(=O)CN1CCCN(CC(=O)NCC2CCCO2)CC1. The molecule has 132 valence electrons. The van der Waals surface area contributed by atoms with Gasteiger partial charge < -0.3 is 15.0 Å². The number of nitrogens with one attached hydrogen (secondary N) is 1. The van der Waals surface area contributed by atoms with Crippen LogP contribution in [-0.2, 0) is 14.3 Å². The van der Waals surface area contributed by atoms with Crippen molar-refractivity contribution in [1.29, 1.82) is 0 Å². The number of hydrogen-bond donors (Lipinski definition) is 1. The first-order valence-corrected chi connectivity index (χ1v) is 8.58. The minimum absolute atomic E-state index is 0.0679. The van der Waals surface area contributed by atoms with Crippen LogP contribution in [0.2, 0.25) is 0 Å². The predicted octanol–water partition coefficient (Wildman–Crippen LogP) is -0.622. The smallest absolute Gasteiger partial charge is 0.236 e. The van der Waals surface area contributed by atoms with E-state index in [1.807, 2.05) is 0 Å². The fourth-order valence-corrected chi connectivity index (χ4v) is 2.97. The zero-order chi connectivity index (χ0) is 16.7. The molecule has 0 aliphatic carbocycles. The monoisotopic (exact) mass is 326 g/mol. The second-order valence-corrected chi connectivity index (χ2v) is 6.63. The minimum atomic E-state index is 0.0679. The Morgan fingerprint density at radius 1 is 1.09 bits per heavy atom. The van der Waals surface area contributed by atoms with Crippen LogP contribution in [0.25, 0.3) is 0 Å². The Kier molecular flexibility index (Phi) is 7.26. The highest BCUT2D eigenvalue weighted by Crippen LogP contribution is 2.10. The molecule has 2 aliphatic rings. The Morgan fingerprint density at radius 2 is 1.78 bits per heavy atom. The van der Waals surface area contributed by atoms with E-state index < -0.39 is 0 Å². The molecule has 7 heteroatoms. The van der Waals surface area contributed by atoms with Gasteiger partial charge in [0, 0.05) is 40.3 Å². The number of carbonyl (C=O) groups excluding carboxylic acids is 2. The molecule has 2 aliphatic heterocycles. The Hall–Kier alpha value is -1.18. The maximum atomic E-state index is 12.0. The number of hydrogen-bond acceptors (Lipinski definition) is 5. The van der Waals surface area contributed by atoms with Crippen LogP contribution in [0, 0.1) is 0 Å². The lowest BCUT2D eigenvalue weighted by Gasteiger charge is -2.22. The summed E-state index contributed by atoms with van der Waals surface area (Å²) in [6, 6.07) is 0. The number of likely N-dealkylation sites (N-methyl/N-ethyl adjacent to an activating group) is 1. The van der Waals surface area contributed by atoms with Gasteiger partial charge in [-0.2, -0.15) is 0 Å². The van der Waals surface area contributed by atoms with Crippen molar-refractivity contribution in [3.05, 3.63) is 0 Å². The first-order chi connectivity index (χ1) is 11.0. The highest BCUT2D eigenvalue weighted by molar-refractivity contribution is 5.78. The summed E-state index contributed by atoms with van der Waals surface area (Å²) in [6.45, 7) is 5.80. The van der Waals surface area contributed by atoms with Crippen molar-refractivity contribution in [3.63, 3.8) is 0 Å². The summed E-state index contributed by atoms with van der Waals surface area (Å²) in [5.74, 6) is 0.200. The molecule has 1 atom stereocenters. The van der Waals surface area contributed by atoms with E-state index in [9.17, 15) is 9.59 Å². The summed E-state index contributed by atoms with van der Waals surface area (Å²) in [6.07, 6.45) is 3.31. The highest BCUT2D eigenvalue weighted by Gasteiger charge is 2.20. The van der Waals surface area contributed by atoms with E-state index in [2.05, 4.69) is 15.1 Å². The summed E-state index contributed by atoms with van der Waals surface area (Å²) in [5, 5.41) is 2.97. The summed E-state index contributed by atoms with van der Waals surface area (Å²) < 4.78 is 5.51. The van der Waals surface area contributed by atoms with Crippen molar-refractivity contribution >= 4 is 11.8 Å². The lowest BCUT2D eigenvalue weighted by molar-refractivity contribution is -0.130. The normalized spacial score (nSPS) is 23.5. The maximum Gasteiger partial charge on any atom is 0.236 e. The van der Waals surface area contributed by atoms with Crippen LogP contribution < -0.4 is 5.32 Å². The molecule has 1 N–H and O–H groups in total. The van der Waals surface area contributed by atoms with E-state index in [0.717, 1.165) is 52.0 Å². The van der Waals surface area contributed by atoms with Gasteiger partial charge >= 0.3 is 0 Å². The van der Waals surface area contributed by atoms with Crippen molar-refractivity contribution in [2.75, 3.05) is 66.5 Å². The molecular weight excluding hydrogens is 296 g/mol. The second-order valence-electron chi connectivity index (χ2n) is 6.63. The summed E-state index contributed by atoms with van der Waals surface area (Å²) in [7, 11) is 3.57. The first-order valence-electron chi connectivity index (χ1n) is 8.58. The standard InChI is InChI=1S/C16H30N4O3/c1-18(2)16(22)13-20-7-4-6-19(8-9-20)12-15(21)17-11-14-5-3-10-23-14/h14H,3-13H2,1-2H3,(H,17,21).